The second-order valence-electron chi connectivity index (χ2n) is 4.36. The molecule has 1 amide bonds. The van der Waals surface area contributed by atoms with E-state index in [2.05, 4.69) is 28.5 Å². The van der Waals surface area contributed by atoms with Crippen LogP contribution in [0, 0.1) is 0 Å². The van der Waals surface area contributed by atoms with Crippen molar-refractivity contribution in [3.05, 3.63) is 5.82 Å². The van der Waals surface area contributed by atoms with Crippen LogP contribution in [0.5, 0.6) is 0 Å². The molecule has 1 aliphatic rings. The fourth-order valence-corrected chi connectivity index (χ4v) is 2.39. The number of rotatable bonds is 3. The van der Waals surface area contributed by atoms with E-state index in [9.17, 15) is 4.79 Å². The number of anilines is 1. The number of hydrogen-bond acceptors (Lipinski definition) is 5. The van der Waals surface area contributed by atoms with Crippen molar-refractivity contribution in [1.29, 1.82) is 0 Å². The molecule has 2 rings (SSSR count). The van der Waals surface area contributed by atoms with Crippen molar-refractivity contribution in [2.45, 2.75) is 32.2 Å². The van der Waals surface area contributed by atoms with Crippen molar-refractivity contribution in [3.63, 3.8) is 0 Å². The van der Waals surface area contributed by atoms with Crippen molar-refractivity contribution < 1.29 is 4.79 Å². The number of likely N-dealkylation sites (tertiary alicyclic amines) is 1. The van der Waals surface area contributed by atoms with Crippen LogP contribution in [0.2, 0.25) is 0 Å². The Kier molecular flexibility index (Phi) is 3.09. The van der Waals surface area contributed by atoms with Crippen LogP contribution in [-0.2, 0) is 4.79 Å². The zero-order valence-corrected chi connectivity index (χ0v) is 10.5. The second-order valence-corrected chi connectivity index (χ2v) is 5.11. The molecule has 6 heteroatoms. The lowest BCUT2D eigenvalue weighted by Crippen LogP contribution is -2.30. The zero-order chi connectivity index (χ0) is 11.7. The van der Waals surface area contributed by atoms with Crippen molar-refractivity contribution in [2.24, 2.45) is 0 Å². The molecule has 5 nitrogen and oxygen atoms in total. The van der Waals surface area contributed by atoms with Gasteiger partial charge in [0.15, 0.2) is 0 Å². The Labute approximate surface area is 99.0 Å². The van der Waals surface area contributed by atoms with Gasteiger partial charge >= 0.3 is 0 Å². The standard InChI is InChI=1S/C10H16N4OS/c1-6(2)8-12-10(16-13-8)11-7-4-5-14(3)9(7)15/h6-7H,4-5H2,1-3H3,(H,11,12,13)/t7-/m0/s1. The predicted molar refractivity (Wildman–Crippen MR) is 63.7 cm³/mol. The highest BCUT2D eigenvalue weighted by atomic mass is 32.1. The van der Waals surface area contributed by atoms with Crippen molar-refractivity contribution in [2.75, 3.05) is 18.9 Å². The topological polar surface area (TPSA) is 58.1 Å². The Bertz CT molecular complexity index is 390. The molecule has 16 heavy (non-hydrogen) atoms. The van der Waals surface area contributed by atoms with Gasteiger partial charge in [-0.1, -0.05) is 13.8 Å². The summed E-state index contributed by atoms with van der Waals surface area (Å²) in [5.74, 6) is 1.31. The quantitative estimate of drug-likeness (QED) is 0.865. The van der Waals surface area contributed by atoms with Crippen LogP contribution < -0.4 is 5.32 Å². The first-order valence-electron chi connectivity index (χ1n) is 5.43. The molecule has 1 saturated heterocycles. The van der Waals surface area contributed by atoms with Gasteiger partial charge in [0.1, 0.15) is 11.9 Å². The summed E-state index contributed by atoms with van der Waals surface area (Å²) in [4.78, 5) is 17.8. The summed E-state index contributed by atoms with van der Waals surface area (Å²) in [7, 11) is 1.82. The number of nitrogens with zero attached hydrogens (tertiary/aromatic N) is 3. The molecule has 0 aromatic carbocycles. The molecule has 0 unspecified atom stereocenters. The minimum atomic E-state index is -0.127. The number of nitrogens with one attached hydrogen (secondary N) is 1. The molecule has 1 atom stereocenters. The van der Waals surface area contributed by atoms with Crippen LogP contribution in [0.4, 0.5) is 5.13 Å². The number of carbonyl (C=O) groups is 1. The molecule has 1 aliphatic heterocycles. The molecule has 0 bridgehead atoms. The lowest BCUT2D eigenvalue weighted by molar-refractivity contribution is -0.127. The van der Waals surface area contributed by atoms with Gasteiger partial charge in [-0.2, -0.15) is 4.37 Å². The summed E-state index contributed by atoms with van der Waals surface area (Å²) in [6.07, 6.45) is 0.839. The molecule has 0 saturated carbocycles. The maximum Gasteiger partial charge on any atom is 0.244 e. The van der Waals surface area contributed by atoms with E-state index >= 15 is 0 Å². The highest BCUT2D eigenvalue weighted by Gasteiger charge is 2.29. The van der Waals surface area contributed by atoms with Gasteiger partial charge < -0.3 is 10.2 Å². The average Bonchev–Trinajstić information content (AvgIpc) is 2.81. The van der Waals surface area contributed by atoms with E-state index in [1.807, 2.05) is 7.05 Å². The Balaban J connectivity index is 2.01. The fourth-order valence-electron chi connectivity index (χ4n) is 1.63. The number of amides is 1. The normalized spacial score (nSPS) is 20.9. The van der Waals surface area contributed by atoms with Crippen molar-refractivity contribution in [1.82, 2.24) is 14.3 Å². The average molecular weight is 240 g/mol. The lowest BCUT2D eigenvalue weighted by Gasteiger charge is -2.10. The first-order valence-corrected chi connectivity index (χ1v) is 6.20. The Morgan fingerprint density at radius 1 is 1.56 bits per heavy atom. The maximum absolute atomic E-state index is 11.7. The minimum Gasteiger partial charge on any atom is -0.348 e. The fraction of sp³-hybridized carbons (Fsp3) is 0.700. The van der Waals surface area contributed by atoms with Gasteiger partial charge in [-0.15, -0.1) is 0 Å². The Morgan fingerprint density at radius 3 is 2.81 bits per heavy atom. The van der Waals surface area contributed by atoms with Crippen LogP contribution in [0.25, 0.3) is 0 Å². The number of carbonyl (C=O) groups excluding carboxylic acids is 1. The lowest BCUT2D eigenvalue weighted by atomic mass is 10.2. The summed E-state index contributed by atoms with van der Waals surface area (Å²) in [5, 5.41) is 3.90. The van der Waals surface area contributed by atoms with E-state index in [0.717, 1.165) is 23.9 Å². The molecule has 1 aromatic rings. The summed E-state index contributed by atoms with van der Waals surface area (Å²) in [5.41, 5.74) is 0. The van der Waals surface area contributed by atoms with E-state index in [1.54, 1.807) is 4.90 Å². The van der Waals surface area contributed by atoms with E-state index in [4.69, 9.17) is 0 Å². The van der Waals surface area contributed by atoms with Crippen LogP contribution in [0.15, 0.2) is 0 Å². The number of aromatic nitrogens is 2. The molecule has 1 aromatic heterocycles. The van der Waals surface area contributed by atoms with E-state index in [-0.39, 0.29) is 11.9 Å². The minimum absolute atomic E-state index is 0.127. The monoisotopic (exact) mass is 240 g/mol. The summed E-state index contributed by atoms with van der Waals surface area (Å²) >= 11 is 1.33. The predicted octanol–water partition coefficient (Wildman–Crippen LogP) is 1.30. The highest BCUT2D eigenvalue weighted by Crippen LogP contribution is 2.20. The van der Waals surface area contributed by atoms with Gasteiger partial charge in [0.05, 0.1) is 0 Å². The van der Waals surface area contributed by atoms with Crippen molar-refractivity contribution >= 4 is 22.6 Å². The van der Waals surface area contributed by atoms with Crippen LogP contribution in [0.1, 0.15) is 32.0 Å². The largest absolute Gasteiger partial charge is 0.348 e. The summed E-state index contributed by atoms with van der Waals surface area (Å²) in [6, 6.07) is -0.127. The van der Waals surface area contributed by atoms with Gasteiger partial charge in [0, 0.05) is 31.0 Å². The van der Waals surface area contributed by atoms with Gasteiger partial charge in [-0.05, 0) is 6.42 Å². The molecular weight excluding hydrogens is 224 g/mol. The van der Waals surface area contributed by atoms with E-state index in [0.29, 0.717) is 5.92 Å². The summed E-state index contributed by atoms with van der Waals surface area (Å²) in [6.45, 7) is 4.92. The second kappa shape index (κ2) is 4.37. The first-order chi connectivity index (χ1) is 7.58. The van der Waals surface area contributed by atoms with Crippen molar-refractivity contribution in [3.8, 4) is 0 Å². The first kappa shape index (κ1) is 11.3. The molecule has 1 N–H and O–H groups in total. The molecule has 0 spiro atoms. The van der Waals surface area contributed by atoms with Gasteiger partial charge in [0.25, 0.3) is 0 Å². The van der Waals surface area contributed by atoms with Gasteiger partial charge in [-0.25, -0.2) is 4.98 Å². The highest BCUT2D eigenvalue weighted by molar-refractivity contribution is 7.09. The third kappa shape index (κ3) is 2.16. The molecular formula is C10H16N4OS. The van der Waals surface area contributed by atoms with Crippen LogP contribution >= 0.6 is 11.5 Å². The number of likely N-dealkylation sites (N-methyl/N-ethyl adjacent to an activating group) is 1. The van der Waals surface area contributed by atoms with E-state index in [1.165, 1.54) is 11.5 Å². The third-order valence-corrected chi connectivity index (χ3v) is 3.34. The van der Waals surface area contributed by atoms with Gasteiger partial charge in [0.2, 0.25) is 11.0 Å². The van der Waals surface area contributed by atoms with Gasteiger partial charge in [-0.3, -0.25) is 4.79 Å². The van der Waals surface area contributed by atoms with Crippen LogP contribution in [0.3, 0.4) is 0 Å². The Morgan fingerprint density at radius 2 is 2.31 bits per heavy atom. The summed E-state index contributed by atoms with van der Waals surface area (Å²) < 4.78 is 4.24. The Hall–Kier alpha value is -1.17. The number of hydrogen-bond donors (Lipinski definition) is 1. The molecule has 0 radical (unpaired) electrons. The smallest absolute Gasteiger partial charge is 0.244 e. The zero-order valence-electron chi connectivity index (χ0n) is 9.73. The SMILES string of the molecule is CC(C)c1nsc(N[C@H]2CCN(C)C2=O)n1. The van der Waals surface area contributed by atoms with E-state index < -0.39 is 0 Å². The molecule has 0 aliphatic carbocycles. The maximum atomic E-state index is 11.7. The molecule has 1 fully saturated rings. The third-order valence-electron chi connectivity index (χ3n) is 2.68. The molecule has 88 valence electrons. The van der Waals surface area contributed by atoms with Crippen LogP contribution in [-0.4, -0.2) is 39.8 Å². The molecule has 2 heterocycles.